The summed E-state index contributed by atoms with van der Waals surface area (Å²) < 4.78 is 0. The van der Waals surface area contributed by atoms with E-state index in [1.165, 1.54) is 21.8 Å². The summed E-state index contributed by atoms with van der Waals surface area (Å²) in [5, 5.41) is 13.9. The van der Waals surface area contributed by atoms with Crippen LogP contribution in [0.1, 0.15) is 40.0 Å². The molecule has 0 fully saturated rings. The van der Waals surface area contributed by atoms with Gasteiger partial charge in [0.15, 0.2) is 0 Å². The zero-order valence-corrected chi connectivity index (χ0v) is 17.7. The predicted octanol–water partition coefficient (Wildman–Crippen LogP) is 4.22. The van der Waals surface area contributed by atoms with Crippen LogP contribution < -0.4 is 11.5 Å². The number of aliphatic imine (C=N–C) groups is 1. The minimum Gasteiger partial charge on any atom is -0.355 e. The number of amidine groups is 1. The van der Waals surface area contributed by atoms with Gasteiger partial charge in [-0.15, -0.1) is 0 Å². The molecule has 1 aliphatic heterocycles. The second-order valence-corrected chi connectivity index (χ2v) is 7.43. The third-order valence-electron chi connectivity index (χ3n) is 5.75. The van der Waals surface area contributed by atoms with Crippen molar-refractivity contribution in [3.05, 3.63) is 48.5 Å². The molecular formula is C23H31N4NaO3. The van der Waals surface area contributed by atoms with Crippen LogP contribution in [0.2, 0.25) is 0 Å². The van der Waals surface area contributed by atoms with Crippen LogP contribution in [0.15, 0.2) is 53.5 Å². The molecule has 3 aromatic rings. The van der Waals surface area contributed by atoms with Crippen molar-refractivity contribution in [2.75, 3.05) is 0 Å². The average Bonchev–Trinajstić information content (AvgIpc) is 3.07. The third kappa shape index (κ3) is 5.18. The van der Waals surface area contributed by atoms with Crippen molar-refractivity contribution >= 4 is 69.2 Å². The molecule has 1 aliphatic rings. The maximum atomic E-state index is 11.9. The minimum atomic E-state index is -1.11. The number of H-pyrrole nitrogens is 1. The number of hydrogen-bond acceptors (Lipinski definition) is 3. The van der Waals surface area contributed by atoms with Crippen molar-refractivity contribution in [3.63, 3.8) is 0 Å². The van der Waals surface area contributed by atoms with Crippen molar-refractivity contribution in [3.8, 4) is 0 Å². The number of nitrogens with one attached hydrogen (secondary N) is 2. The molecule has 2 aromatic carbocycles. The van der Waals surface area contributed by atoms with Crippen LogP contribution in [0.3, 0.4) is 0 Å². The fourth-order valence-corrected chi connectivity index (χ4v) is 4.11. The zero-order chi connectivity index (χ0) is 21.0. The molecule has 7 nitrogen and oxygen atoms in total. The van der Waals surface area contributed by atoms with E-state index in [4.69, 9.17) is 5.11 Å². The number of aliphatic hydroxyl groups excluding tert-OH is 1. The van der Waals surface area contributed by atoms with Gasteiger partial charge < -0.3 is 16.2 Å². The van der Waals surface area contributed by atoms with Gasteiger partial charge in [-0.1, -0.05) is 63.6 Å². The van der Waals surface area contributed by atoms with Crippen LogP contribution in [0, 0.1) is 11.3 Å². The molecule has 2 atom stereocenters. The molecule has 8 heteroatoms. The number of carbonyl (C=O) groups is 2. The molecule has 2 unspecified atom stereocenters. The molecule has 2 amide bonds. The topological polar surface area (TPSA) is 130 Å². The largest absolute Gasteiger partial charge is 0.355 e. The zero-order valence-electron chi connectivity index (χ0n) is 17.7. The van der Waals surface area contributed by atoms with Gasteiger partial charge in [0, 0.05) is 21.8 Å². The normalized spacial score (nSPS) is 18.7. The van der Waals surface area contributed by atoms with E-state index in [2.05, 4.69) is 63.8 Å². The van der Waals surface area contributed by atoms with Gasteiger partial charge in [0.05, 0.1) is 0 Å². The molecule has 0 saturated heterocycles. The van der Waals surface area contributed by atoms with E-state index < -0.39 is 23.3 Å². The Morgan fingerprint density at radius 2 is 1.52 bits per heavy atom. The molecule has 4 rings (SSSR count). The number of para-hydroxylation sites is 2. The first-order valence-electron chi connectivity index (χ1n) is 10.0. The van der Waals surface area contributed by atoms with E-state index >= 15 is 0 Å². The smallest absolute Gasteiger partial charge is 0.0464 e. The van der Waals surface area contributed by atoms with E-state index in [0.717, 1.165) is 12.8 Å². The fourth-order valence-electron chi connectivity index (χ4n) is 4.11. The van der Waals surface area contributed by atoms with Gasteiger partial charge in [0.1, 0.15) is 5.41 Å². The summed E-state index contributed by atoms with van der Waals surface area (Å²) in [5.74, 6) is -1.04. The molecule has 31 heavy (non-hydrogen) atoms. The summed E-state index contributed by atoms with van der Waals surface area (Å²) in [7, 11) is 0. The number of hydrogen-bond donors (Lipinski definition) is 4. The quantitative estimate of drug-likeness (QED) is 0.362. The average molecular weight is 435 g/mol. The molecule has 0 bridgehead atoms. The number of aliphatic hydroxyl groups is 1. The summed E-state index contributed by atoms with van der Waals surface area (Å²) in [6.07, 6.45) is 2.08. The van der Waals surface area contributed by atoms with Crippen LogP contribution in [-0.2, 0) is 9.59 Å². The Balaban J connectivity index is 0.000000294. The minimum absolute atomic E-state index is 0. The number of fused-ring (bicyclic) bond motifs is 3. The molecule has 2 heterocycles. The van der Waals surface area contributed by atoms with Crippen molar-refractivity contribution < 1.29 is 14.7 Å². The Labute approximate surface area is 204 Å². The first-order chi connectivity index (χ1) is 13.9. The van der Waals surface area contributed by atoms with Gasteiger partial charge >= 0.3 is 29.6 Å². The summed E-state index contributed by atoms with van der Waals surface area (Å²) in [4.78, 5) is 30.6. The summed E-state index contributed by atoms with van der Waals surface area (Å²) in [5.41, 5.74) is 1.31. The molecule has 0 aliphatic carbocycles. The number of aromatic amines is 1. The van der Waals surface area contributed by atoms with Crippen molar-refractivity contribution in [2.45, 2.75) is 40.0 Å². The monoisotopic (exact) mass is 434 g/mol. The summed E-state index contributed by atoms with van der Waals surface area (Å²) >= 11 is 0. The molecule has 0 saturated carbocycles. The molecular weight excluding hydrogens is 403 g/mol. The molecule has 162 valence electrons. The van der Waals surface area contributed by atoms with Gasteiger partial charge in [-0.25, -0.2) is 0 Å². The number of carbonyl (C=O) groups excluding carboxylic acids is 2. The molecule has 0 spiro atoms. The van der Waals surface area contributed by atoms with E-state index in [1.54, 1.807) is 6.92 Å². The molecule has 0 radical (unpaired) electrons. The van der Waals surface area contributed by atoms with Crippen molar-refractivity contribution in [2.24, 2.45) is 16.3 Å². The first kappa shape index (κ1) is 26.8. The number of aromatic nitrogens is 1. The fraction of sp³-hybridized carbons (Fsp3) is 0.348. The predicted molar refractivity (Wildman–Crippen MR) is 128 cm³/mol. The number of benzene rings is 2. The van der Waals surface area contributed by atoms with E-state index in [0.29, 0.717) is 6.42 Å². The summed E-state index contributed by atoms with van der Waals surface area (Å²) in [6.45, 7) is 5.68. The standard InChI is InChI=1S/C12H9N.C11H18N2O3.H3N.Na.H/c1-3-7-11-9(5-1)10-6-2-4-8-12(10)13-11;1-4-6-7(3)11(5-2)8(14)12-10(16)13-9(11)15;;;/h1-8,13H;7H,4-6H2,1-3H3,(H2,12,13,14,15,16);1H3;;. The Morgan fingerprint density at radius 3 is 1.97 bits per heavy atom. The Kier molecular flexibility index (Phi) is 9.90. The molecule has 1 aromatic heterocycles. The van der Waals surface area contributed by atoms with Crippen molar-refractivity contribution in [1.82, 2.24) is 16.5 Å². The second-order valence-electron chi connectivity index (χ2n) is 7.43. The van der Waals surface area contributed by atoms with Gasteiger partial charge in [-0.3, -0.25) is 14.9 Å². The van der Waals surface area contributed by atoms with E-state index in [1.807, 2.05) is 13.8 Å². The van der Waals surface area contributed by atoms with Crippen LogP contribution in [0.25, 0.3) is 21.8 Å². The first-order valence-corrected chi connectivity index (χ1v) is 10.0. The molecule has 6 N–H and O–H groups in total. The number of rotatable bonds is 4. The van der Waals surface area contributed by atoms with Crippen LogP contribution in [0.5, 0.6) is 0 Å². The maximum absolute atomic E-state index is 11.9. The van der Waals surface area contributed by atoms with Crippen molar-refractivity contribution in [1.29, 1.82) is 0 Å². The SMILES string of the molecule is CCCC(C)C1(CC)C(=O)N=C(O)NC1=O.N.[NaH].c1ccc2c(c1)[nH]c1ccccc12. The number of amides is 2. The summed E-state index contributed by atoms with van der Waals surface area (Å²) in [6, 6.07) is 16.2. The van der Waals surface area contributed by atoms with Gasteiger partial charge in [0.2, 0.25) is 5.91 Å². The Hall–Kier alpha value is -2.19. The van der Waals surface area contributed by atoms with E-state index in [9.17, 15) is 9.59 Å². The Morgan fingerprint density at radius 1 is 1.00 bits per heavy atom. The van der Waals surface area contributed by atoms with Crippen LogP contribution >= 0.6 is 0 Å². The van der Waals surface area contributed by atoms with E-state index in [-0.39, 0.29) is 41.6 Å². The van der Waals surface area contributed by atoms with Crippen LogP contribution in [0.4, 0.5) is 0 Å². The maximum Gasteiger partial charge on any atom is 0.0464 e. The van der Waals surface area contributed by atoms with Gasteiger partial charge in [0.25, 0.3) is 11.9 Å². The van der Waals surface area contributed by atoms with Crippen LogP contribution in [-0.4, -0.2) is 57.5 Å². The van der Waals surface area contributed by atoms with Gasteiger partial charge in [-0.05, 0) is 30.9 Å². The third-order valence-corrected chi connectivity index (χ3v) is 5.75. The van der Waals surface area contributed by atoms with Gasteiger partial charge in [-0.2, -0.15) is 4.99 Å². The Bertz CT molecular complexity index is 1030. The second kappa shape index (κ2) is 11.4. The number of nitrogens with zero attached hydrogens (tertiary/aromatic N) is 1.